The minimum absolute atomic E-state index is 0.191. The van der Waals surface area contributed by atoms with Gasteiger partial charge in [0.25, 0.3) is 11.8 Å². The van der Waals surface area contributed by atoms with Crippen molar-refractivity contribution >= 4 is 29.2 Å². The Morgan fingerprint density at radius 2 is 1.67 bits per heavy atom. The lowest BCUT2D eigenvalue weighted by molar-refractivity contribution is 0.0784. The van der Waals surface area contributed by atoms with E-state index in [9.17, 15) is 19.5 Å². The number of ether oxygens (including phenoxy) is 1. The number of aliphatic hydroxyl groups excluding tert-OH is 1. The molecule has 0 saturated heterocycles. The molecule has 4 rings (SSSR count). The highest BCUT2D eigenvalue weighted by molar-refractivity contribution is 7.09. The molecule has 0 aliphatic heterocycles. The number of amides is 3. The zero-order valence-corrected chi connectivity index (χ0v) is 29.2. The molecule has 4 aromatic rings. The van der Waals surface area contributed by atoms with Crippen molar-refractivity contribution in [3.8, 4) is 5.75 Å². The van der Waals surface area contributed by atoms with Gasteiger partial charge in [-0.2, -0.15) is 0 Å². The van der Waals surface area contributed by atoms with Crippen LogP contribution in [0.15, 0.2) is 78.2 Å². The monoisotopic (exact) mass is 671 g/mol. The van der Waals surface area contributed by atoms with Crippen LogP contribution in [0.25, 0.3) is 0 Å². The highest BCUT2D eigenvalue weighted by Gasteiger charge is 2.24. The Morgan fingerprint density at radius 3 is 2.33 bits per heavy atom. The van der Waals surface area contributed by atoms with E-state index in [1.165, 1.54) is 16.2 Å². The number of hydrogen-bond donors (Lipinski definition) is 3. The molecule has 254 valence electrons. The van der Waals surface area contributed by atoms with Crippen molar-refractivity contribution in [1.29, 1.82) is 0 Å². The quantitative estimate of drug-likeness (QED) is 0.164. The first kappa shape index (κ1) is 36.3. The molecule has 3 N–H and O–H groups in total. The van der Waals surface area contributed by atoms with Crippen LogP contribution in [-0.4, -0.2) is 77.6 Å². The van der Waals surface area contributed by atoms with Crippen molar-refractivity contribution in [1.82, 2.24) is 25.4 Å². The lowest BCUT2D eigenvalue weighted by Crippen LogP contribution is -2.48. The SMILES string of the molecule is Cc1csc(CN(C)C(=O)c2cccc(C(=O)NC(Cc3ccccc3)C(O)CNCc3cc(OC(=O)N(C)C)cc(C(C)C)c3)c2)n1. The molecule has 0 spiro atoms. The summed E-state index contributed by atoms with van der Waals surface area (Å²) in [6.45, 7) is 7.02. The maximum Gasteiger partial charge on any atom is 0.414 e. The fourth-order valence-electron chi connectivity index (χ4n) is 5.05. The van der Waals surface area contributed by atoms with E-state index in [1.54, 1.807) is 56.4 Å². The molecule has 0 fully saturated rings. The third-order valence-corrected chi connectivity index (χ3v) is 8.70. The van der Waals surface area contributed by atoms with Crippen LogP contribution in [0.3, 0.4) is 0 Å². The number of aryl methyl sites for hydroxylation is 1. The van der Waals surface area contributed by atoms with Gasteiger partial charge < -0.3 is 30.3 Å². The van der Waals surface area contributed by atoms with E-state index in [0.717, 1.165) is 27.4 Å². The molecule has 10 nitrogen and oxygen atoms in total. The summed E-state index contributed by atoms with van der Waals surface area (Å²) in [4.78, 5) is 46.3. The Bertz CT molecular complexity index is 1690. The molecule has 0 radical (unpaired) electrons. The first-order valence-corrected chi connectivity index (χ1v) is 16.8. The largest absolute Gasteiger partial charge is 0.414 e. The lowest BCUT2D eigenvalue weighted by Gasteiger charge is -2.25. The molecule has 3 amide bonds. The number of hydrogen-bond acceptors (Lipinski definition) is 8. The Kier molecular flexibility index (Phi) is 12.8. The van der Waals surface area contributed by atoms with Gasteiger partial charge in [0.05, 0.1) is 18.7 Å². The van der Waals surface area contributed by atoms with Crippen LogP contribution < -0.4 is 15.4 Å². The Balaban J connectivity index is 1.44. The van der Waals surface area contributed by atoms with Crippen LogP contribution >= 0.6 is 11.3 Å². The van der Waals surface area contributed by atoms with Gasteiger partial charge in [-0.3, -0.25) is 9.59 Å². The summed E-state index contributed by atoms with van der Waals surface area (Å²) in [6.07, 6.45) is -0.999. The van der Waals surface area contributed by atoms with Gasteiger partial charge in [0, 0.05) is 56.4 Å². The molecular formula is C37H45N5O5S. The average molecular weight is 672 g/mol. The second kappa shape index (κ2) is 17.0. The summed E-state index contributed by atoms with van der Waals surface area (Å²) in [7, 11) is 4.97. The molecule has 1 aromatic heterocycles. The topological polar surface area (TPSA) is 124 Å². The minimum Gasteiger partial charge on any atom is -0.410 e. The van der Waals surface area contributed by atoms with Crippen LogP contribution in [0.1, 0.15) is 67.9 Å². The summed E-state index contributed by atoms with van der Waals surface area (Å²) < 4.78 is 5.53. The number of aromatic nitrogens is 1. The standard InChI is InChI=1S/C37H45N5O5S/c1-24(2)30-15-27(16-31(19-30)47-37(46)41(4)5)20-38-21-33(43)32(17-26-11-8-7-9-12-26)40-35(44)28-13-10-14-29(18-28)36(45)42(6)22-34-39-25(3)23-48-34/h7-16,18-19,23-24,32-33,38,43H,17,20-22H2,1-6H3,(H,40,44). The van der Waals surface area contributed by atoms with Crippen molar-refractivity contribution < 1.29 is 24.2 Å². The highest BCUT2D eigenvalue weighted by Crippen LogP contribution is 2.24. The lowest BCUT2D eigenvalue weighted by atomic mass is 9.99. The Morgan fingerprint density at radius 1 is 0.938 bits per heavy atom. The van der Waals surface area contributed by atoms with Crippen molar-refractivity contribution in [2.75, 3.05) is 27.7 Å². The van der Waals surface area contributed by atoms with E-state index in [2.05, 4.69) is 29.5 Å². The maximum atomic E-state index is 13.5. The number of carbonyl (C=O) groups is 3. The van der Waals surface area contributed by atoms with E-state index < -0.39 is 18.2 Å². The normalized spacial score (nSPS) is 12.3. The summed E-state index contributed by atoms with van der Waals surface area (Å²) in [6, 6.07) is 21.3. The van der Waals surface area contributed by atoms with Gasteiger partial charge in [0.1, 0.15) is 10.8 Å². The van der Waals surface area contributed by atoms with Crippen molar-refractivity contribution in [2.24, 2.45) is 0 Å². The second-order valence-corrected chi connectivity index (χ2v) is 13.4. The van der Waals surface area contributed by atoms with Gasteiger partial charge >= 0.3 is 6.09 Å². The smallest absolute Gasteiger partial charge is 0.410 e. The van der Waals surface area contributed by atoms with E-state index in [0.29, 0.717) is 36.4 Å². The number of rotatable bonds is 14. The number of thiazole rings is 1. The first-order valence-electron chi connectivity index (χ1n) is 15.9. The fourth-order valence-corrected chi connectivity index (χ4v) is 5.87. The molecule has 0 bridgehead atoms. The zero-order chi connectivity index (χ0) is 34.8. The summed E-state index contributed by atoms with van der Waals surface area (Å²) >= 11 is 1.50. The molecule has 11 heteroatoms. The maximum absolute atomic E-state index is 13.5. The van der Waals surface area contributed by atoms with E-state index in [-0.39, 0.29) is 24.3 Å². The third-order valence-electron chi connectivity index (χ3n) is 7.75. The number of nitrogens with zero attached hydrogens (tertiary/aromatic N) is 3. The number of benzene rings is 3. The van der Waals surface area contributed by atoms with Crippen LogP contribution in [-0.2, 0) is 19.5 Å². The molecule has 0 aliphatic rings. The zero-order valence-electron chi connectivity index (χ0n) is 28.4. The summed E-state index contributed by atoms with van der Waals surface area (Å²) in [5.41, 5.74) is 4.50. The predicted molar refractivity (Wildman–Crippen MR) is 188 cm³/mol. The van der Waals surface area contributed by atoms with Crippen molar-refractivity contribution in [3.05, 3.63) is 117 Å². The van der Waals surface area contributed by atoms with Crippen LogP contribution in [0.4, 0.5) is 4.79 Å². The molecule has 2 unspecified atom stereocenters. The van der Waals surface area contributed by atoms with Gasteiger partial charge in [0.15, 0.2) is 0 Å². The van der Waals surface area contributed by atoms with Crippen molar-refractivity contribution in [3.63, 3.8) is 0 Å². The summed E-state index contributed by atoms with van der Waals surface area (Å²) in [5.74, 6) is 0.0644. The van der Waals surface area contributed by atoms with E-state index >= 15 is 0 Å². The molecule has 2 atom stereocenters. The van der Waals surface area contributed by atoms with Gasteiger partial charge in [-0.05, 0) is 66.3 Å². The molecule has 3 aromatic carbocycles. The van der Waals surface area contributed by atoms with Crippen LogP contribution in [0, 0.1) is 6.92 Å². The van der Waals surface area contributed by atoms with Crippen LogP contribution in [0.2, 0.25) is 0 Å². The number of carbonyl (C=O) groups excluding carboxylic acids is 3. The predicted octanol–water partition coefficient (Wildman–Crippen LogP) is 5.40. The van der Waals surface area contributed by atoms with Crippen molar-refractivity contribution in [2.45, 2.75) is 58.3 Å². The van der Waals surface area contributed by atoms with Gasteiger partial charge in [-0.1, -0.05) is 56.3 Å². The Hall–Kier alpha value is -4.58. The van der Waals surface area contributed by atoms with Gasteiger partial charge in [0.2, 0.25) is 0 Å². The molecular weight excluding hydrogens is 627 g/mol. The molecule has 0 aliphatic carbocycles. The second-order valence-electron chi connectivity index (χ2n) is 12.4. The summed E-state index contributed by atoms with van der Waals surface area (Å²) in [5, 5.41) is 20.5. The van der Waals surface area contributed by atoms with E-state index in [1.807, 2.05) is 54.8 Å². The Labute approximate surface area is 286 Å². The molecule has 1 heterocycles. The average Bonchev–Trinajstić information content (AvgIpc) is 3.48. The number of aliphatic hydroxyl groups is 1. The minimum atomic E-state index is -0.939. The van der Waals surface area contributed by atoms with Gasteiger partial charge in [-0.15, -0.1) is 11.3 Å². The highest BCUT2D eigenvalue weighted by atomic mass is 32.1. The van der Waals surface area contributed by atoms with E-state index in [4.69, 9.17) is 4.74 Å². The fraction of sp³-hybridized carbons (Fsp3) is 0.351. The number of nitrogens with one attached hydrogen (secondary N) is 2. The molecule has 48 heavy (non-hydrogen) atoms. The van der Waals surface area contributed by atoms with Crippen LogP contribution in [0.5, 0.6) is 5.75 Å². The third kappa shape index (κ3) is 10.5. The molecule has 0 saturated carbocycles. The van der Waals surface area contributed by atoms with Gasteiger partial charge in [-0.25, -0.2) is 9.78 Å². The first-order chi connectivity index (χ1) is 22.9.